The van der Waals surface area contributed by atoms with E-state index in [1.807, 2.05) is 57.2 Å². The molecule has 0 aliphatic heterocycles. The molecule has 5 saturated carbocycles. The maximum absolute atomic E-state index is 11.9. The number of rotatable bonds is 11. The van der Waals surface area contributed by atoms with Gasteiger partial charge in [-0.05, 0) is 140 Å². The fraction of sp³-hybridized carbons (Fsp3) is 0.723. The van der Waals surface area contributed by atoms with Crippen molar-refractivity contribution in [1.82, 2.24) is 10.6 Å². The molecule has 18 heteroatoms. The zero-order valence-electron chi connectivity index (χ0n) is 40.1. The van der Waals surface area contributed by atoms with Gasteiger partial charge in [-0.3, -0.25) is 9.59 Å². The first-order valence-electron chi connectivity index (χ1n) is 21.4. The van der Waals surface area contributed by atoms with E-state index in [9.17, 15) is 24.0 Å². The Balaban J connectivity index is -0.000000167. The van der Waals surface area contributed by atoms with E-state index in [1.165, 1.54) is 25.7 Å². The molecule has 0 radical (unpaired) electrons. The fourth-order valence-corrected chi connectivity index (χ4v) is 6.37. The molecular weight excluding hydrogens is 875 g/mol. The van der Waals surface area contributed by atoms with Gasteiger partial charge in [0.1, 0.15) is 5.54 Å². The molecule has 0 spiro atoms. The molecule has 65 heavy (non-hydrogen) atoms. The first-order valence-corrected chi connectivity index (χ1v) is 21.4. The number of carbonyl (C=O) groups is 5. The van der Waals surface area contributed by atoms with Gasteiger partial charge in [-0.25, -0.2) is 14.4 Å². The van der Waals surface area contributed by atoms with E-state index in [0.717, 1.165) is 94.4 Å². The third kappa shape index (κ3) is 27.2. The molecule has 0 unspecified atom stereocenters. The zero-order valence-corrected chi connectivity index (χ0v) is 45.2. The van der Waals surface area contributed by atoms with Crippen LogP contribution in [0.4, 0.5) is 15.3 Å². The molecule has 0 saturated heterocycles. The Morgan fingerprint density at radius 1 is 0.677 bits per heavy atom. The van der Waals surface area contributed by atoms with Crippen molar-refractivity contribution < 1.29 is 141 Å². The van der Waals surface area contributed by atoms with Gasteiger partial charge in [0, 0.05) is 18.3 Å². The van der Waals surface area contributed by atoms with E-state index >= 15 is 0 Å². The minimum absolute atomic E-state index is 0. The van der Waals surface area contributed by atoms with E-state index in [1.54, 1.807) is 6.92 Å². The van der Waals surface area contributed by atoms with Crippen molar-refractivity contribution in [1.29, 1.82) is 0 Å². The summed E-state index contributed by atoms with van der Waals surface area (Å²) in [6.07, 6.45) is 19.7. The normalized spacial score (nSPS) is 17.9. The smallest absolute Gasteiger partial charge is 0.870 e. The van der Waals surface area contributed by atoms with Gasteiger partial charge in [0.25, 0.3) is 0 Å². The number of carbonyl (C=O) groups excluding carboxylic acids is 3. The second-order valence-corrected chi connectivity index (χ2v) is 17.5. The number of amides is 3. The van der Waals surface area contributed by atoms with Crippen LogP contribution < -0.4 is 103 Å². The second kappa shape index (κ2) is 37.3. The van der Waals surface area contributed by atoms with Crippen LogP contribution in [-0.4, -0.2) is 93.2 Å². The van der Waals surface area contributed by atoms with Crippen LogP contribution >= 0.6 is 0 Å². The zero-order chi connectivity index (χ0) is 44.8. The average molecular weight is 961 g/mol. The molecule has 0 atom stereocenters. The maximum Gasteiger partial charge on any atom is 1.00 e. The van der Waals surface area contributed by atoms with E-state index in [2.05, 4.69) is 36.7 Å². The number of aliphatic carboxylic acids is 2. The van der Waals surface area contributed by atoms with Crippen molar-refractivity contribution in [2.24, 2.45) is 16.6 Å². The van der Waals surface area contributed by atoms with Crippen LogP contribution in [0.25, 0.3) is 6.08 Å². The van der Waals surface area contributed by atoms with E-state index in [-0.39, 0.29) is 130 Å². The number of carboxylic acid groups (broad SMARTS) is 2. The van der Waals surface area contributed by atoms with Gasteiger partial charge < -0.3 is 57.4 Å². The number of carboxylic acids is 2. The van der Waals surface area contributed by atoms with Crippen LogP contribution in [-0.2, 0) is 23.9 Å². The number of aliphatic hydroxyl groups is 1. The average Bonchev–Trinajstić information content (AvgIpc) is 3.14. The number of benzene rings is 1. The molecule has 16 nitrogen and oxygen atoms in total. The number of hydrogen-bond donors (Lipinski definition) is 7. The summed E-state index contributed by atoms with van der Waals surface area (Å²) in [5, 5.41) is 32.5. The molecule has 5 fully saturated rings. The molecule has 3 amide bonds. The summed E-state index contributed by atoms with van der Waals surface area (Å²) in [6.45, 7) is 15.2. The molecule has 5 aliphatic rings. The molecule has 5 aliphatic carbocycles. The quantitative estimate of drug-likeness (QED) is 0.156. The van der Waals surface area contributed by atoms with Gasteiger partial charge in [0.15, 0.2) is 0 Å². The number of alkyl carbamates (subject to hydrolysis) is 2. The van der Waals surface area contributed by atoms with Crippen molar-refractivity contribution in [3.63, 3.8) is 0 Å². The van der Waals surface area contributed by atoms with Crippen molar-refractivity contribution in [3.05, 3.63) is 35.9 Å². The van der Waals surface area contributed by atoms with Crippen LogP contribution in [0.1, 0.15) is 178 Å². The third-order valence-corrected chi connectivity index (χ3v) is 11.6. The van der Waals surface area contributed by atoms with E-state index in [0.29, 0.717) is 26.1 Å². The third-order valence-electron chi connectivity index (χ3n) is 11.6. The molecule has 1 aromatic rings. The van der Waals surface area contributed by atoms with Gasteiger partial charge in [-0.1, -0.05) is 79.7 Å². The van der Waals surface area contributed by atoms with Gasteiger partial charge in [0.2, 0.25) is 5.91 Å². The molecule has 6 rings (SSSR count). The Morgan fingerprint density at radius 3 is 1.32 bits per heavy atom. The summed E-state index contributed by atoms with van der Waals surface area (Å²) in [4.78, 5) is 55.2. The Labute approximate surface area is 455 Å². The number of nitrogens with one attached hydrogen (secondary N) is 3. The number of anilines is 1. The van der Waals surface area contributed by atoms with Crippen molar-refractivity contribution >= 4 is 41.8 Å². The topological polar surface area (TPSA) is 287 Å². The monoisotopic (exact) mass is 961 g/mol. The number of nitrogens with two attached hydrogens (primary N) is 1. The first-order chi connectivity index (χ1) is 27.8. The molecule has 10 N–H and O–H groups in total. The fourth-order valence-electron chi connectivity index (χ4n) is 6.37. The van der Waals surface area contributed by atoms with Crippen LogP contribution in [0.3, 0.4) is 0 Å². The second-order valence-electron chi connectivity index (χ2n) is 17.5. The molecular formula is C47H86KN4NaO12. The Morgan fingerprint density at radius 2 is 1.08 bits per heavy atom. The van der Waals surface area contributed by atoms with E-state index in [4.69, 9.17) is 30.5 Å². The van der Waals surface area contributed by atoms with Crippen molar-refractivity contribution in [2.45, 2.75) is 189 Å². The molecule has 0 aromatic heterocycles. The minimum Gasteiger partial charge on any atom is -0.870 e. The summed E-state index contributed by atoms with van der Waals surface area (Å²) in [5.74, 6) is -1.68. The van der Waals surface area contributed by atoms with Crippen LogP contribution in [0.15, 0.2) is 30.3 Å². The standard InChI is InChI=1S/C14H18N2O.C9H15NO4.C9H17NO2.C6H10O2.C6H12.CH4O.2CH4.K.Na.2H2O/c1-2-4-11-5-7-12(8-6-11)16-13(17)14(15)9-3-10-14;1-2-6-14-8(13)10-9(7(11)12)4-3-5-9;1-3-7-12-8(11)10-9(2)5-4-6-9;1-6(5(7)8)3-2-4-6;1-6(2)4-3-5-6;1-2;;;;;;/h2,4-8H,3,9-10,15H2,1H3,(H,16,17);2-6H2,1H3,(H,10,13)(H,11,12);3-7H2,1-2H3,(H,10,11);2-4H2,1H3,(H,7,8);3-5H2,1-2H3;2H,1H3;2*1H4;;;2*1H2/q;;;;;;;;2*+1;;/p-2/b4-2+;;;;;;;;;;;. The summed E-state index contributed by atoms with van der Waals surface area (Å²) in [6, 6.07) is 7.74. The van der Waals surface area contributed by atoms with E-state index < -0.39 is 29.1 Å². The summed E-state index contributed by atoms with van der Waals surface area (Å²) in [7, 11) is 1.00. The van der Waals surface area contributed by atoms with Gasteiger partial charge in [-0.2, -0.15) is 0 Å². The number of ether oxygens (including phenoxy) is 2. The first kappa shape index (κ1) is 74.9. The summed E-state index contributed by atoms with van der Waals surface area (Å²) in [5.41, 5.74) is 6.55. The Kier molecular flexibility index (Phi) is 43.0. The maximum atomic E-state index is 11.9. The minimum atomic E-state index is -1.06. The number of aliphatic hydroxyl groups excluding tert-OH is 1. The number of allylic oxidation sites excluding steroid dienone is 1. The van der Waals surface area contributed by atoms with Gasteiger partial charge in [-0.15, -0.1) is 0 Å². The molecule has 368 valence electrons. The van der Waals surface area contributed by atoms with Crippen LogP contribution in [0.5, 0.6) is 0 Å². The Hall–Kier alpha value is -1.61. The van der Waals surface area contributed by atoms with Crippen LogP contribution in [0.2, 0.25) is 0 Å². The summed E-state index contributed by atoms with van der Waals surface area (Å²) >= 11 is 0. The van der Waals surface area contributed by atoms with Gasteiger partial charge >= 0.3 is 105 Å². The summed E-state index contributed by atoms with van der Waals surface area (Å²) < 4.78 is 9.67. The number of hydrogen-bond acceptors (Lipinski definition) is 11. The van der Waals surface area contributed by atoms with Crippen molar-refractivity contribution in [3.8, 4) is 0 Å². The van der Waals surface area contributed by atoms with Crippen molar-refractivity contribution in [2.75, 3.05) is 25.6 Å². The Bertz CT molecular complexity index is 1490. The van der Waals surface area contributed by atoms with Gasteiger partial charge in [0.05, 0.1) is 24.2 Å². The largest absolute Gasteiger partial charge is 1.00 e. The molecule has 1 aromatic carbocycles. The predicted molar refractivity (Wildman–Crippen MR) is 249 cm³/mol. The molecule has 0 heterocycles. The predicted octanol–water partition coefficient (Wildman–Crippen LogP) is 3.73. The SMILES string of the molecule is C.C.C/C=C/c1ccc(NC(=O)C2(N)CCC2)cc1.CC1(C(=O)O)CCC1.CC1(C)CCC1.CCCOC(=O)NC1(C(=O)O)CCC1.CCCOC(=O)NC1(C)CCC1.CO.[K+].[Na+].[OH-].[OH-]. The van der Waals surface area contributed by atoms with Crippen LogP contribution in [0, 0.1) is 10.8 Å². The molecule has 0 bridgehead atoms.